The van der Waals surface area contributed by atoms with E-state index in [1.165, 1.54) is 0 Å². The van der Waals surface area contributed by atoms with Gasteiger partial charge in [0.25, 0.3) is 0 Å². The Morgan fingerprint density at radius 2 is 2.07 bits per heavy atom. The highest BCUT2D eigenvalue weighted by Gasteiger charge is 2.11. The second-order valence-corrected chi connectivity index (χ2v) is 3.25. The monoisotopic (exact) mass is 203 g/mol. The standard InChI is InChI=1S/C10H10BNO3/c1-7-4-5-12-10-3-2-8(6-9(7)10)15-11(13)14/h2-6,13-14H,1H3. The normalized spacial score (nSPS) is 10.3. The average Bonchev–Trinajstić information content (AvgIpc) is 2.18. The number of benzene rings is 1. The molecule has 15 heavy (non-hydrogen) atoms. The smallest absolute Gasteiger partial charge is 0.512 e. The lowest BCUT2D eigenvalue weighted by Gasteiger charge is -2.06. The SMILES string of the molecule is Cc1ccnc2ccc(OB(O)O)cc12. The Morgan fingerprint density at radius 3 is 2.80 bits per heavy atom. The fraction of sp³-hybridized carbons (Fsp3) is 0.100. The quantitative estimate of drug-likeness (QED) is 0.711. The van der Waals surface area contributed by atoms with E-state index in [1.54, 1.807) is 24.4 Å². The molecule has 4 nitrogen and oxygen atoms in total. The van der Waals surface area contributed by atoms with E-state index < -0.39 is 7.32 Å². The summed E-state index contributed by atoms with van der Waals surface area (Å²) in [4.78, 5) is 4.18. The molecule has 0 aliphatic rings. The van der Waals surface area contributed by atoms with Crippen molar-refractivity contribution >= 4 is 18.2 Å². The number of hydrogen-bond acceptors (Lipinski definition) is 4. The van der Waals surface area contributed by atoms with Crippen molar-refractivity contribution in [3.05, 3.63) is 36.0 Å². The lowest BCUT2D eigenvalue weighted by Crippen LogP contribution is -2.20. The van der Waals surface area contributed by atoms with Crippen LogP contribution in [0.15, 0.2) is 30.5 Å². The van der Waals surface area contributed by atoms with Crippen molar-refractivity contribution in [3.8, 4) is 5.75 Å². The summed E-state index contributed by atoms with van der Waals surface area (Å²) in [5.41, 5.74) is 1.92. The van der Waals surface area contributed by atoms with Gasteiger partial charge in [-0.15, -0.1) is 0 Å². The van der Waals surface area contributed by atoms with Gasteiger partial charge in [-0.25, -0.2) is 0 Å². The van der Waals surface area contributed by atoms with Crippen LogP contribution in [0.1, 0.15) is 5.56 Å². The first-order chi connectivity index (χ1) is 7.16. The Bertz CT molecular complexity index is 487. The summed E-state index contributed by atoms with van der Waals surface area (Å²) >= 11 is 0. The topological polar surface area (TPSA) is 62.6 Å². The van der Waals surface area contributed by atoms with Crippen LogP contribution < -0.4 is 4.65 Å². The first-order valence-corrected chi connectivity index (χ1v) is 4.55. The molecule has 0 saturated carbocycles. The van der Waals surface area contributed by atoms with E-state index in [2.05, 4.69) is 4.98 Å². The highest BCUT2D eigenvalue weighted by molar-refractivity contribution is 6.33. The number of nitrogens with zero attached hydrogens (tertiary/aromatic N) is 1. The van der Waals surface area contributed by atoms with Gasteiger partial charge in [0.05, 0.1) is 5.52 Å². The zero-order valence-corrected chi connectivity index (χ0v) is 8.21. The maximum absolute atomic E-state index is 8.66. The fourth-order valence-electron chi connectivity index (χ4n) is 1.46. The van der Waals surface area contributed by atoms with Gasteiger partial charge in [0.2, 0.25) is 0 Å². The third-order valence-corrected chi connectivity index (χ3v) is 2.17. The van der Waals surface area contributed by atoms with Gasteiger partial charge in [-0.2, -0.15) is 0 Å². The van der Waals surface area contributed by atoms with Crippen LogP contribution in [0.25, 0.3) is 10.9 Å². The molecule has 0 spiro atoms. The van der Waals surface area contributed by atoms with Crippen molar-refractivity contribution in [3.63, 3.8) is 0 Å². The van der Waals surface area contributed by atoms with Crippen LogP contribution >= 0.6 is 0 Å². The summed E-state index contributed by atoms with van der Waals surface area (Å²) in [6.45, 7) is 1.96. The molecule has 0 unspecified atom stereocenters. The Kier molecular flexibility index (Phi) is 2.57. The largest absolute Gasteiger partial charge is 0.707 e. The average molecular weight is 203 g/mol. The minimum atomic E-state index is -1.79. The van der Waals surface area contributed by atoms with Crippen molar-refractivity contribution in [2.75, 3.05) is 0 Å². The van der Waals surface area contributed by atoms with Crippen LogP contribution in [0.2, 0.25) is 0 Å². The lowest BCUT2D eigenvalue weighted by atomic mass is 10.1. The molecule has 5 heteroatoms. The molecule has 0 fully saturated rings. The Labute approximate surface area is 87.3 Å². The van der Waals surface area contributed by atoms with Crippen LogP contribution in [0.3, 0.4) is 0 Å². The van der Waals surface area contributed by atoms with E-state index in [0.717, 1.165) is 16.5 Å². The lowest BCUT2D eigenvalue weighted by molar-refractivity contribution is 0.288. The summed E-state index contributed by atoms with van der Waals surface area (Å²) in [7, 11) is -1.79. The second kappa shape index (κ2) is 3.88. The van der Waals surface area contributed by atoms with E-state index >= 15 is 0 Å². The van der Waals surface area contributed by atoms with Gasteiger partial charge in [0.15, 0.2) is 0 Å². The van der Waals surface area contributed by atoms with Gasteiger partial charge < -0.3 is 14.7 Å². The molecule has 0 aliphatic carbocycles. The summed E-state index contributed by atoms with van der Waals surface area (Å²) in [5, 5.41) is 18.3. The number of hydrogen-bond donors (Lipinski definition) is 2. The third kappa shape index (κ3) is 2.08. The maximum Gasteiger partial charge on any atom is 0.707 e. The molecule has 1 aromatic heterocycles. The van der Waals surface area contributed by atoms with E-state index in [0.29, 0.717) is 5.75 Å². The second-order valence-electron chi connectivity index (χ2n) is 3.25. The summed E-state index contributed by atoms with van der Waals surface area (Å²) in [6, 6.07) is 7.05. The van der Waals surface area contributed by atoms with Gasteiger partial charge in [-0.3, -0.25) is 4.98 Å². The van der Waals surface area contributed by atoms with Crippen molar-refractivity contribution in [2.24, 2.45) is 0 Å². The van der Waals surface area contributed by atoms with E-state index in [9.17, 15) is 0 Å². The Balaban J connectivity index is 2.50. The summed E-state index contributed by atoms with van der Waals surface area (Å²) in [5.74, 6) is 0.411. The van der Waals surface area contributed by atoms with Gasteiger partial charge in [-0.1, -0.05) is 0 Å². The predicted molar refractivity (Wildman–Crippen MR) is 57.3 cm³/mol. The maximum atomic E-state index is 8.66. The van der Waals surface area contributed by atoms with E-state index in [1.807, 2.05) is 13.0 Å². The van der Waals surface area contributed by atoms with Gasteiger partial charge in [0, 0.05) is 11.6 Å². The number of aromatic nitrogens is 1. The van der Waals surface area contributed by atoms with Crippen LogP contribution in [0.4, 0.5) is 0 Å². The van der Waals surface area contributed by atoms with Crippen molar-refractivity contribution in [1.82, 2.24) is 4.98 Å². The summed E-state index contributed by atoms with van der Waals surface area (Å²) in [6.07, 6.45) is 1.74. The van der Waals surface area contributed by atoms with Crippen LogP contribution in [0.5, 0.6) is 5.75 Å². The number of pyridine rings is 1. The molecular weight excluding hydrogens is 193 g/mol. The molecule has 76 valence electrons. The zero-order chi connectivity index (χ0) is 10.8. The van der Waals surface area contributed by atoms with E-state index in [4.69, 9.17) is 14.7 Å². The molecule has 0 saturated heterocycles. The molecule has 0 radical (unpaired) electrons. The van der Waals surface area contributed by atoms with Crippen LogP contribution in [-0.2, 0) is 0 Å². The molecule has 2 aromatic rings. The molecule has 2 rings (SSSR count). The highest BCUT2D eigenvalue weighted by Crippen LogP contribution is 2.21. The van der Waals surface area contributed by atoms with Gasteiger partial charge in [0.1, 0.15) is 5.75 Å². The molecule has 1 heterocycles. The minimum absolute atomic E-state index is 0.411. The molecule has 0 aliphatic heterocycles. The Morgan fingerprint density at radius 1 is 1.27 bits per heavy atom. The van der Waals surface area contributed by atoms with Gasteiger partial charge >= 0.3 is 7.32 Å². The van der Waals surface area contributed by atoms with E-state index in [-0.39, 0.29) is 0 Å². The zero-order valence-electron chi connectivity index (χ0n) is 8.21. The number of rotatable bonds is 2. The molecule has 0 amide bonds. The number of aryl methyl sites for hydroxylation is 1. The van der Waals surface area contributed by atoms with Crippen molar-refractivity contribution in [1.29, 1.82) is 0 Å². The minimum Gasteiger partial charge on any atom is -0.512 e. The number of fused-ring (bicyclic) bond motifs is 1. The first kappa shape index (κ1) is 9.95. The summed E-state index contributed by atoms with van der Waals surface area (Å²) < 4.78 is 4.76. The van der Waals surface area contributed by atoms with Crippen molar-refractivity contribution < 1.29 is 14.7 Å². The predicted octanol–water partition coefficient (Wildman–Crippen LogP) is 0.892. The van der Waals surface area contributed by atoms with Crippen molar-refractivity contribution in [2.45, 2.75) is 6.92 Å². The molecule has 0 atom stereocenters. The molecule has 1 aromatic carbocycles. The van der Waals surface area contributed by atoms with Crippen LogP contribution in [0, 0.1) is 6.92 Å². The molecule has 2 N–H and O–H groups in total. The molecule has 0 bridgehead atoms. The Hall–Kier alpha value is -1.59. The highest BCUT2D eigenvalue weighted by atomic mass is 16.6. The fourth-order valence-corrected chi connectivity index (χ4v) is 1.46. The molecular formula is C10H10BNO3. The van der Waals surface area contributed by atoms with Gasteiger partial charge in [-0.05, 0) is 36.8 Å². The van der Waals surface area contributed by atoms with Crippen LogP contribution in [-0.4, -0.2) is 22.4 Å². The first-order valence-electron chi connectivity index (χ1n) is 4.55. The third-order valence-electron chi connectivity index (χ3n) is 2.17.